The molecule has 0 radical (unpaired) electrons. The number of nitrogens with zero attached hydrogens (tertiary/aromatic N) is 1. The number of aliphatic hydroxyl groups excluding tert-OH is 2. The molecule has 5 amide bonds. The monoisotopic (exact) mass is 1270 g/mol. The second-order valence-corrected chi connectivity index (χ2v) is 22.7. The summed E-state index contributed by atoms with van der Waals surface area (Å²) < 4.78 is 16.0. The number of carbonyl (C=O) groups is 8. The van der Waals surface area contributed by atoms with Gasteiger partial charge in [-0.1, -0.05) is 84.9 Å². The van der Waals surface area contributed by atoms with E-state index in [4.69, 9.17) is 15.2 Å². The van der Waals surface area contributed by atoms with E-state index in [1.165, 1.54) is 36.6 Å². The average molecular weight is 1270 g/mol. The Morgan fingerprint density at radius 2 is 1.14 bits per heavy atom. The molecule has 22 heteroatoms. The first-order chi connectivity index (χ1) is 38.7. The number of halogens is 1. The molecule has 19 nitrogen and oxygen atoms in total. The van der Waals surface area contributed by atoms with Gasteiger partial charge >= 0.3 is 45.8 Å². The minimum absolute atomic E-state index is 0.00868. The van der Waals surface area contributed by atoms with Crippen LogP contribution in [0.2, 0.25) is 0 Å². The summed E-state index contributed by atoms with van der Waals surface area (Å²) in [4.78, 5) is 101. The van der Waals surface area contributed by atoms with E-state index in [9.17, 15) is 48.6 Å². The summed E-state index contributed by atoms with van der Waals surface area (Å²) in [6.45, 7) is 21.7. The predicted molar refractivity (Wildman–Crippen MR) is 312 cm³/mol. The summed E-state index contributed by atoms with van der Waals surface area (Å²) in [7, 11) is 0. The molecule has 440 valence electrons. The Hall–Kier alpha value is -6.57. The molecule has 2 aliphatic rings. The number of nitrogens with one attached hydrogen (secondary N) is 5. The number of hydrogen-bond donors (Lipinski definition) is 8. The molecule has 6 atom stereocenters. The van der Waals surface area contributed by atoms with Crippen molar-refractivity contribution in [2.45, 2.75) is 114 Å². The Kier molecular flexibility index (Phi) is 27.6. The van der Waals surface area contributed by atoms with E-state index < -0.39 is 70.7 Å². The van der Waals surface area contributed by atoms with E-state index in [2.05, 4.69) is 53.6 Å². The summed E-state index contributed by atoms with van der Waals surface area (Å²) in [5.41, 5.74) is 2.93. The van der Waals surface area contributed by atoms with E-state index in [1.54, 1.807) is 92.4 Å². The van der Waals surface area contributed by atoms with Crippen molar-refractivity contribution in [2.24, 2.45) is 0 Å². The van der Waals surface area contributed by atoms with E-state index >= 15 is 0 Å². The normalized spacial score (nSPS) is 17.1. The maximum atomic E-state index is 13.7. The van der Waals surface area contributed by atoms with Crippen molar-refractivity contribution < 1.29 is 85.5 Å². The van der Waals surface area contributed by atoms with Gasteiger partial charge in [0.2, 0.25) is 11.8 Å². The van der Waals surface area contributed by atoms with E-state index in [-0.39, 0.29) is 92.9 Å². The van der Waals surface area contributed by atoms with Crippen molar-refractivity contribution in [1.82, 2.24) is 31.5 Å². The molecule has 6 rings (SSSR count). The fraction of sp³-hybridized carbons (Fsp3) is 0.390. The molecule has 2 fully saturated rings. The third-order valence-electron chi connectivity index (χ3n) is 12.7. The number of alkyl halides is 1. The number of carbonyl (C=O) groups excluding carboxylic acids is 7. The van der Waals surface area contributed by atoms with E-state index in [1.807, 2.05) is 55.2 Å². The number of carboxylic acids is 1. The molecule has 4 aromatic rings. The number of carboxylic acid groups (broad SMARTS) is 1. The van der Waals surface area contributed by atoms with Crippen molar-refractivity contribution in [2.75, 3.05) is 29.8 Å². The summed E-state index contributed by atoms with van der Waals surface area (Å²) in [5, 5.41) is 44.6. The zero-order chi connectivity index (χ0) is 61.3. The van der Waals surface area contributed by atoms with Crippen LogP contribution in [0.15, 0.2) is 122 Å². The van der Waals surface area contributed by atoms with Crippen molar-refractivity contribution in [1.29, 1.82) is 0.594 Å². The fourth-order valence-corrected chi connectivity index (χ4v) is 10.6. The van der Waals surface area contributed by atoms with Gasteiger partial charge in [0, 0.05) is 64.6 Å². The molecular formula is C59H76IN6O13S2-. The quantitative estimate of drug-likeness (QED) is 0.0207. The number of amides is 5. The van der Waals surface area contributed by atoms with Gasteiger partial charge in [-0.2, -0.15) is 0 Å². The van der Waals surface area contributed by atoms with Gasteiger partial charge in [0.1, 0.15) is 23.6 Å². The van der Waals surface area contributed by atoms with Gasteiger partial charge in [-0.05, 0) is 89.8 Å². The van der Waals surface area contributed by atoms with Crippen molar-refractivity contribution >= 4 is 71.0 Å². The van der Waals surface area contributed by atoms with Crippen molar-refractivity contribution in [3.63, 3.8) is 0 Å². The minimum atomic E-state index is -1.77. The third-order valence-corrected chi connectivity index (χ3v) is 15.3. The van der Waals surface area contributed by atoms with E-state index in [0.29, 0.717) is 17.7 Å². The molecule has 0 spiro atoms. The van der Waals surface area contributed by atoms with Crippen LogP contribution < -0.4 is 58.5 Å². The zero-order valence-electron chi connectivity index (χ0n) is 48.1. The average Bonchev–Trinajstić information content (AvgIpc) is 4.19. The number of esters is 2. The topological polar surface area (TPSA) is 279 Å². The van der Waals surface area contributed by atoms with Gasteiger partial charge in [0.05, 0.1) is 18.0 Å². The predicted octanol–water partition coefficient (Wildman–Crippen LogP) is 1.94. The van der Waals surface area contributed by atoms with Crippen LogP contribution in [0.3, 0.4) is 0 Å². The van der Waals surface area contributed by atoms with Crippen LogP contribution in [0, 0.1) is 13.8 Å². The fourth-order valence-electron chi connectivity index (χ4n) is 8.48. The molecule has 81 heavy (non-hydrogen) atoms. The molecule has 0 bridgehead atoms. The van der Waals surface area contributed by atoms with Crippen LogP contribution in [0.25, 0.3) is 0 Å². The molecule has 4 aromatic carbocycles. The van der Waals surface area contributed by atoms with Gasteiger partial charge < -0.3 is 51.0 Å². The van der Waals surface area contributed by atoms with Crippen LogP contribution in [0.5, 0.6) is 11.5 Å². The van der Waals surface area contributed by atoms with Crippen LogP contribution in [0.4, 0.5) is 0 Å². The number of ether oxygens (including phenoxy) is 2. The number of rotatable bonds is 20. The second kappa shape index (κ2) is 33.4. The molecule has 0 saturated carbocycles. The summed E-state index contributed by atoms with van der Waals surface area (Å²) in [6.07, 6.45) is 0.148. The molecule has 2 saturated heterocycles. The van der Waals surface area contributed by atoms with Gasteiger partial charge in [-0.15, -0.1) is 36.7 Å². The van der Waals surface area contributed by atoms with E-state index in [0.717, 1.165) is 17.0 Å². The summed E-state index contributed by atoms with van der Waals surface area (Å²) in [5.74, 6) is -2.94. The molecule has 2 aliphatic heterocycles. The van der Waals surface area contributed by atoms with Crippen LogP contribution in [-0.4, -0.2) is 144 Å². The van der Waals surface area contributed by atoms with Crippen molar-refractivity contribution in [3.05, 3.63) is 156 Å². The Balaban J connectivity index is 0.000000352. The third kappa shape index (κ3) is 20.7. The molecular weight excluding hydrogens is 1190 g/mol. The first-order valence-electron chi connectivity index (χ1n) is 26.0. The van der Waals surface area contributed by atoms with Gasteiger partial charge in [0.25, 0.3) is 17.7 Å². The number of aliphatic hydroxyl groups is 2. The van der Waals surface area contributed by atoms with Crippen LogP contribution in [-0.2, 0) is 41.6 Å². The Labute approximate surface area is 496 Å². The summed E-state index contributed by atoms with van der Waals surface area (Å²) >= 11 is 3.05. The van der Waals surface area contributed by atoms with Gasteiger partial charge in [0.15, 0.2) is 12.2 Å². The molecule has 2 unspecified atom stereocenters. The Morgan fingerprint density at radius 1 is 0.704 bits per heavy atom. The standard InChI is InChI=1S/C29H35N3O6S.C20H21NO6.C9H16N2OS.CH4I/c1-6-15-30-27(36)25-29(4,5)39-17-32(25)28(37)24(34)22(16-20-11-8-7-9-12-20)31-26(35)21-13-10-14-23(18(21)2)38-19(3)33;1-12-15(9-6-10-17(12)27-13(2)22)19(24)21-16(18(23)20(25)26)11-14-7-4-3-5-8-14;1-4-5-10-8(12)7-9(2,3)13-6-11-7;1-2/h6-14,22,24-25,34H,1,15-17H2,2-5H3,(H,30,36)(H,31,35);3-10,16,18,23H,11H2,1-2H3,(H,21,24)(H,25,26);4,7,11H,1,5-6H2,2-3H3,(H,10,12);2H,1H3/q;;;-1/t22-,24-,25?;16-,18-;;/m00../s1/i;;;2D. The Morgan fingerprint density at radius 3 is 1.53 bits per heavy atom. The zero-order valence-corrected chi connectivity index (χ0v) is 50.9. The molecule has 0 aliphatic carbocycles. The second-order valence-electron chi connectivity index (χ2n) is 19.5. The Bertz CT molecular complexity index is 2850. The molecule has 8 N–H and O–H groups in total. The van der Waals surface area contributed by atoms with Gasteiger partial charge in [-0.25, -0.2) is 4.79 Å². The first kappa shape index (κ1) is 66.9. The SMILES string of the molecule is C=CCNC(=O)C1N(C(=O)[C@@H](O)[C@H](Cc2ccccc2)NC(=O)c2cccc(OC(C)=O)c2C)CSC1(C)C.C=CCNC(=O)C1NCSC1(C)C.CC(=O)Oc1cccc(C(=O)N[C@@H](Cc2ccccc2)[C@H](O)C(=O)O)c1C.[2H][I-]C. The number of benzene rings is 4. The van der Waals surface area contributed by atoms with Crippen molar-refractivity contribution in [3.8, 4) is 11.5 Å². The number of thioether (sulfide) groups is 2. The number of aliphatic carboxylic acids is 1. The molecule has 2 heterocycles. The van der Waals surface area contributed by atoms with Crippen LogP contribution in [0.1, 0.15) is 84.5 Å². The molecule has 0 aromatic heterocycles. The first-order valence-corrected chi connectivity index (χ1v) is 29.8. The van der Waals surface area contributed by atoms with Gasteiger partial charge in [-0.3, -0.25) is 38.9 Å². The summed E-state index contributed by atoms with van der Waals surface area (Å²) in [6, 6.07) is 24.6. The van der Waals surface area contributed by atoms with Crippen LogP contribution >= 0.6 is 23.5 Å². The maximum absolute atomic E-state index is 13.7. The number of hydrogen-bond acceptors (Lipinski definition) is 15.